The smallest absolute Gasteiger partial charge is 0.329 e. The summed E-state index contributed by atoms with van der Waals surface area (Å²) in [5.41, 5.74) is 0. The Labute approximate surface area is 126 Å². The number of carbonyl (C=O) groups excluding carboxylic acids is 3. The second-order valence-electron chi connectivity index (χ2n) is 5.73. The third-order valence-corrected chi connectivity index (χ3v) is 3.70. The molecule has 5 nitrogen and oxygen atoms in total. The molecule has 1 saturated heterocycles. The predicted octanol–water partition coefficient (Wildman–Crippen LogP) is 2.52. The SMILES string of the molecule is CCCCCC(=O)CC(=O)N[C@H]1C[C@@H](CCCC)OC1=O. The van der Waals surface area contributed by atoms with Gasteiger partial charge in [-0.2, -0.15) is 0 Å². The van der Waals surface area contributed by atoms with E-state index in [1.165, 1.54) is 0 Å². The van der Waals surface area contributed by atoms with Crippen molar-refractivity contribution in [3.63, 3.8) is 0 Å². The lowest BCUT2D eigenvalue weighted by molar-refractivity contribution is -0.144. The van der Waals surface area contributed by atoms with Gasteiger partial charge in [0.1, 0.15) is 17.9 Å². The Morgan fingerprint density at radius 1 is 1.19 bits per heavy atom. The monoisotopic (exact) mass is 297 g/mol. The van der Waals surface area contributed by atoms with Crippen molar-refractivity contribution in [2.75, 3.05) is 0 Å². The Balaban J connectivity index is 2.27. The molecule has 0 saturated carbocycles. The number of unbranched alkanes of at least 4 members (excludes halogenated alkanes) is 3. The summed E-state index contributed by atoms with van der Waals surface area (Å²) in [6.07, 6.45) is 6.51. The van der Waals surface area contributed by atoms with E-state index >= 15 is 0 Å². The molecule has 5 heteroatoms. The van der Waals surface area contributed by atoms with E-state index in [2.05, 4.69) is 19.2 Å². The first-order chi connectivity index (χ1) is 10.1. The van der Waals surface area contributed by atoms with Crippen molar-refractivity contribution in [2.24, 2.45) is 0 Å². The minimum atomic E-state index is -0.581. The third kappa shape index (κ3) is 6.74. The quantitative estimate of drug-likeness (QED) is 0.382. The number of Topliss-reactive ketones (excluding diaryl/α,β-unsaturated/α-hetero) is 1. The summed E-state index contributed by atoms with van der Waals surface area (Å²) in [6.45, 7) is 4.15. The average Bonchev–Trinajstić information content (AvgIpc) is 2.77. The predicted molar refractivity (Wildman–Crippen MR) is 79.7 cm³/mol. The summed E-state index contributed by atoms with van der Waals surface area (Å²) in [5, 5.41) is 2.62. The average molecular weight is 297 g/mol. The Kier molecular flexibility index (Phi) is 8.01. The van der Waals surface area contributed by atoms with Crippen molar-refractivity contribution in [2.45, 2.75) is 83.8 Å². The Hall–Kier alpha value is -1.39. The van der Waals surface area contributed by atoms with Crippen LogP contribution in [0.2, 0.25) is 0 Å². The summed E-state index contributed by atoms with van der Waals surface area (Å²) in [5.74, 6) is -0.799. The minimum absolute atomic E-state index is 0.0603. The molecule has 120 valence electrons. The number of ketones is 1. The summed E-state index contributed by atoms with van der Waals surface area (Å²) < 4.78 is 5.22. The molecule has 1 rings (SSSR count). The van der Waals surface area contributed by atoms with Crippen molar-refractivity contribution in [1.82, 2.24) is 5.32 Å². The second kappa shape index (κ2) is 9.53. The van der Waals surface area contributed by atoms with Gasteiger partial charge in [0.15, 0.2) is 0 Å². The number of carbonyl (C=O) groups is 3. The van der Waals surface area contributed by atoms with Crippen LogP contribution in [0.1, 0.15) is 71.6 Å². The molecule has 21 heavy (non-hydrogen) atoms. The summed E-state index contributed by atoms with van der Waals surface area (Å²) >= 11 is 0. The zero-order valence-corrected chi connectivity index (χ0v) is 13.2. The summed E-state index contributed by atoms with van der Waals surface area (Å²) in [4.78, 5) is 35.0. The van der Waals surface area contributed by atoms with Crippen LogP contribution in [0.5, 0.6) is 0 Å². The molecule has 0 aromatic heterocycles. The van der Waals surface area contributed by atoms with Gasteiger partial charge in [0, 0.05) is 12.8 Å². The van der Waals surface area contributed by atoms with Crippen molar-refractivity contribution >= 4 is 17.7 Å². The molecule has 0 aromatic rings. The van der Waals surface area contributed by atoms with Crippen LogP contribution in [0.3, 0.4) is 0 Å². The Morgan fingerprint density at radius 3 is 2.57 bits per heavy atom. The molecular formula is C16H27NO4. The topological polar surface area (TPSA) is 72.5 Å². The summed E-state index contributed by atoms with van der Waals surface area (Å²) in [6, 6.07) is -0.581. The van der Waals surface area contributed by atoms with Gasteiger partial charge < -0.3 is 10.1 Å². The van der Waals surface area contributed by atoms with E-state index < -0.39 is 6.04 Å². The number of ether oxygens (including phenoxy) is 1. The normalized spacial score (nSPS) is 21.1. The molecule has 1 N–H and O–H groups in total. The van der Waals surface area contributed by atoms with Crippen LogP contribution in [-0.2, 0) is 19.1 Å². The molecule has 0 spiro atoms. The molecule has 0 bridgehead atoms. The van der Waals surface area contributed by atoms with E-state index in [9.17, 15) is 14.4 Å². The number of hydrogen-bond acceptors (Lipinski definition) is 4. The number of amides is 1. The van der Waals surface area contributed by atoms with Gasteiger partial charge in [0.2, 0.25) is 5.91 Å². The van der Waals surface area contributed by atoms with Gasteiger partial charge in [0.05, 0.1) is 6.42 Å². The molecule has 0 aliphatic carbocycles. The highest BCUT2D eigenvalue weighted by Gasteiger charge is 2.35. The molecule has 1 amide bonds. The zero-order valence-electron chi connectivity index (χ0n) is 13.2. The molecule has 0 aromatic carbocycles. The largest absolute Gasteiger partial charge is 0.461 e. The number of esters is 1. The highest BCUT2D eigenvalue weighted by Crippen LogP contribution is 2.20. The maximum absolute atomic E-state index is 11.8. The first-order valence-electron chi connectivity index (χ1n) is 8.08. The standard InChI is InChI=1S/C16H27NO4/c1-3-5-7-8-12(18)10-15(19)17-14-11-13(9-6-4-2)21-16(14)20/h13-14H,3-11H2,1-2H3,(H,17,19)/t13-,14+/m1/s1. The lowest BCUT2D eigenvalue weighted by Gasteiger charge is -2.08. The zero-order chi connectivity index (χ0) is 15.7. The lowest BCUT2D eigenvalue weighted by atomic mass is 10.1. The van der Waals surface area contributed by atoms with Crippen molar-refractivity contribution in [3.8, 4) is 0 Å². The van der Waals surface area contributed by atoms with E-state index in [1.807, 2.05) is 0 Å². The molecular weight excluding hydrogens is 270 g/mol. The van der Waals surface area contributed by atoms with E-state index in [4.69, 9.17) is 4.74 Å². The molecule has 0 unspecified atom stereocenters. The Bertz CT molecular complexity index is 367. The van der Waals surface area contributed by atoms with E-state index in [0.717, 1.165) is 38.5 Å². The summed E-state index contributed by atoms with van der Waals surface area (Å²) in [7, 11) is 0. The van der Waals surface area contributed by atoms with Crippen LogP contribution < -0.4 is 5.32 Å². The maximum Gasteiger partial charge on any atom is 0.329 e. The Morgan fingerprint density at radius 2 is 1.90 bits per heavy atom. The van der Waals surface area contributed by atoms with E-state index in [1.54, 1.807) is 0 Å². The first-order valence-corrected chi connectivity index (χ1v) is 8.08. The molecule has 1 aliphatic rings. The van der Waals surface area contributed by atoms with Gasteiger partial charge in [-0.05, 0) is 12.8 Å². The number of rotatable bonds is 10. The van der Waals surface area contributed by atoms with Gasteiger partial charge in [-0.25, -0.2) is 4.79 Å². The molecule has 1 heterocycles. The number of nitrogens with one attached hydrogen (secondary N) is 1. The van der Waals surface area contributed by atoms with Gasteiger partial charge in [-0.1, -0.05) is 39.5 Å². The highest BCUT2D eigenvalue weighted by atomic mass is 16.6. The maximum atomic E-state index is 11.8. The van der Waals surface area contributed by atoms with Gasteiger partial charge in [0.25, 0.3) is 0 Å². The van der Waals surface area contributed by atoms with Crippen LogP contribution in [-0.4, -0.2) is 29.8 Å². The van der Waals surface area contributed by atoms with E-state index in [0.29, 0.717) is 12.8 Å². The molecule has 1 fully saturated rings. The van der Waals surface area contributed by atoms with Crippen molar-refractivity contribution in [3.05, 3.63) is 0 Å². The highest BCUT2D eigenvalue weighted by molar-refractivity contribution is 5.99. The first kappa shape index (κ1) is 17.7. The van der Waals surface area contributed by atoms with Gasteiger partial charge in [-0.3, -0.25) is 9.59 Å². The van der Waals surface area contributed by atoms with Crippen LogP contribution in [0.4, 0.5) is 0 Å². The fraction of sp³-hybridized carbons (Fsp3) is 0.812. The third-order valence-electron chi connectivity index (χ3n) is 3.70. The van der Waals surface area contributed by atoms with Crippen LogP contribution in [0.15, 0.2) is 0 Å². The van der Waals surface area contributed by atoms with Crippen LogP contribution in [0.25, 0.3) is 0 Å². The van der Waals surface area contributed by atoms with E-state index in [-0.39, 0.29) is 30.2 Å². The fourth-order valence-corrected chi connectivity index (χ4v) is 2.47. The molecule has 0 radical (unpaired) electrons. The van der Waals surface area contributed by atoms with Crippen molar-refractivity contribution in [1.29, 1.82) is 0 Å². The number of hydrogen-bond donors (Lipinski definition) is 1. The number of cyclic esters (lactones) is 1. The minimum Gasteiger partial charge on any atom is -0.461 e. The molecule has 1 aliphatic heterocycles. The fourth-order valence-electron chi connectivity index (χ4n) is 2.47. The van der Waals surface area contributed by atoms with Gasteiger partial charge >= 0.3 is 5.97 Å². The van der Waals surface area contributed by atoms with Gasteiger partial charge in [-0.15, -0.1) is 0 Å². The molecule has 2 atom stereocenters. The van der Waals surface area contributed by atoms with Crippen LogP contribution >= 0.6 is 0 Å². The lowest BCUT2D eigenvalue weighted by Crippen LogP contribution is -2.38. The second-order valence-corrected chi connectivity index (χ2v) is 5.73. The van der Waals surface area contributed by atoms with Crippen LogP contribution in [0, 0.1) is 0 Å². The van der Waals surface area contributed by atoms with Crippen molar-refractivity contribution < 1.29 is 19.1 Å².